The molecule has 0 aromatic heterocycles. The summed E-state index contributed by atoms with van der Waals surface area (Å²) in [5.74, 6) is -0.714. The van der Waals surface area contributed by atoms with Crippen LogP contribution in [0.4, 0.5) is 18.9 Å². The van der Waals surface area contributed by atoms with Crippen molar-refractivity contribution in [1.82, 2.24) is 0 Å². The van der Waals surface area contributed by atoms with Crippen LogP contribution in [0.3, 0.4) is 0 Å². The van der Waals surface area contributed by atoms with Gasteiger partial charge >= 0.3 is 6.18 Å². The average Bonchev–Trinajstić information content (AvgIpc) is 2.53. The van der Waals surface area contributed by atoms with E-state index in [1.54, 1.807) is 0 Å². The molecule has 0 unspecified atom stereocenters. The van der Waals surface area contributed by atoms with E-state index in [1.165, 1.54) is 19.2 Å². The van der Waals surface area contributed by atoms with Crippen LogP contribution < -0.4 is 15.2 Å². The van der Waals surface area contributed by atoms with Crippen molar-refractivity contribution in [3.63, 3.8) is 0 Å². The minimum atomic E-state index is -4.50. The zero-order valence-electron chi connectivity index (χ0n) is 12.8. The second-order valence-electron chi connectivity index (χ2n) is 4.94. The predicted molar refractivity (Wildman–Crippen MR) is 83.8 cm³/mol. The van der Waals surface area contributed by atoms with Gasteiger partial charge in [0.05, 0.1) is 12.7 Å². The van der Waals surface area contributed by atoms with E-state index in [9.17, 15) is 26.4 Å². The number of methoxy groups -OCH3 is 1. The highest BCUT2D eigenvalue weighted by atomic mass is 32.2. The Kier molecular flexibility index (Phi) is 5.04. The van der Waals surface area contributed by atoms with Crippen LogP contribution in [0.2, 0.25) is 0 Å². The number of anilines is 1. The summed E-state index contributed by atoms with van der Waals surface area (Å²) in [4.78, 5) is 11.8. The summed E-state index contributed by atoms with van der Waals surface area (Å²) in [6.45, 7) is 0. The molecule has 0 aliphatic heterocycles. The number of carbonyl (C=O) groups excluding carboxylic acids is 1. The third-order valence-corrected chi connectivity index (χ3v) is 4.13. The lowest BCUT2D eigenvalue weighted by atomic mass is 10.1. The maximum Gasteiger partial charge on any atom is 0.416 e. The standard InChI is InChI=1S/C15H13F3N2O4S/c1-24-12-7-6-11(8-13(12)25(19,22)23)20-14(21)9-2-4-10(5-3-9)15(16,17)18/h2-8H,1H3,(H,20,21)(H2,19,22,23). The number of rotatable bonds is 4. The van der Waals surface area contributed by atoms with Crippen molar-refractivity contribution in [3.05, 3.63) is 53.6 Å². The second kappa shape index (κ2) is 6.73. The largest absolute Gasteiger partial charge is 0.495 e. The minimum Gasteiger partial charge on any atom is -0.495 e. The molecule has 3 N–H and O–H groups in total. The van der Waals surface area contributed by atoms with Crippen LogP contribution in [0.5, 0.6) is 5.75 Å². The maximum atomic E-state index is 12.5. The third-order valence-electron chi connectivity index (χ3n) is 3.20. The van der Waals surface area contributed by atoms with Crippen LogP contribution in [-0.2, 0) is 16.2 Å². The number of alkyl halides is 3. The van der Waals surface area contributed by atoms with Crippen molar-refractivity contribution in [1.29, 1.82) is 0 Å². The van der Waals surface area contributed by atoms with E-state index in [-0.39, 0.29) is 21.9 Å². The van der Waals surface area contributed by atoms with Gasteiger partial charge in [-0.1, -0.05) is 0 Å². The van der Waals surface area contributed by atoms with Crippen molar-refractivity contribution < 1.29 is 31.1 Å². The van der Waals surface area contributed by atoms with Gasteiger partial charge in [0.1, 0.15) is 10.6 Å². The van der Waals surface area contributed by atoms with Gasteiger partial charge in [-0.2, -0.15) is 13.2 Å². The summed E-state index contributed by atoms with van der Waals surface area (Å²) in [6.07, 6.45) is -4.50. The highest BCUT2D eigenvalue weighted by Crippen LogP contribution is 2.29. The van der Waals surface area contributed by atoms with E-state index >= 15 is 0 Å². The van der Waals surface area contributed by atoms with Crippen molar-refractivity contribution in [3.8, 4) is 5.75 Å². The van der Waals surface area contributed by atoms with E-state index in [4.69, 9.17) is 9.88 Å². The van der Waals surface area contributed by atoms with Gasteiger partial charge in [0.25, 0.3) is 5.91 Å². The molecular formula is C15H13F3N2O4S. The van der Waals surface area contributed by atoms with Gasteiger partial charge in [0.2, 0.25) is 10.0 Å². The Morgan fingerprint density at radius 3 is 2.20 bits per heavy atom. The summed E-state index contributed by atoms with van der Waals surface area (Å²) in [5.41, 5.74) is -0.819. The molecule has 10 heteroatoms. The van der Waals surface area contributed by atoms with Crippen molar-refractivity contribution in [2.45, 2.75) is 11.1 Å². The van der Waals surface area contributed by atoms with Gasteiger partial charge in [-0.3, -0.25) is 4.79 Å². The minimum absolute atomic E-state index is 0.00460. The molecule has 0 fully saturated rings. The van der Waals surface area contributed by atoms with Crippen LogP contribution in [-0.4, -0.2) is 21.4 Å². The molecule has 2 rings (SSSR count). The monoisotopic (exact) mass is 374 g/mol. The van der Waals surface area contributed by atoms with Gasteiger partial charge in [0.15, 0.2) is 0 Å². The highest BCUT2D eigenvalue weighted by molar-refractivity contribution is 7.89. The third kappa shape index (κ3) is 4.48. The first-order chi connectivity index (χ1) is 11.5. The number of hydrogen-bond donors (Lipinski definition) is 2. The van der Waals surface area contributed by atoms with E-state index in [1.807, 2.05) is 0 Å². The molecule has 134 valence electrons. The summed E-state index contributed by atoms with van der Waals surface area (Å²) in [6, 6.07) is 7.34. The number of ether oxygens (including phenoxy) is 1. The molecule has 0 heterocycles. The number of sulfonamides is 1. The van der Waals surface area contributed by atoms with E-state index < -0.39 is 27.7 Å². The predicted octanol–water partition coefficient (Wildman–Crippen LogP) is 2.61. The molecule has 2 aromatic carbocycles. The van der Waals surface area contributed by atoms with Crippen LogP contribution >= 0.6 is 0 Å². The lowest BCUT2D eigenvalue weighted by Crippen LogP contribution is -2.16. The highest BCUT2D eigenvalue weighted by Gasteiger charge is 2.30. The van der Waals surface area contributed by atoms with Gasteiger partial charge in [-0.25, -0.2) is 13.6 Å². The number of nitrogens with one attached hydrogen (secondary N) is 1. The number of amides is 1. The molecule has 0 saturated carbocycles. The summed E-state index contributed by atoms with van der Waals surface area (Å²) in [5, 5.41) is 7.46. The van der Waals surface area contributed by atoms with Crippen LogP contribution in [0.1, 0.15) is 15.9 Å². The molecule has 0 radical (unpaired) electrons. The zero-order valence-corrected chi connectivity index (χ0v) is 13.6. The fourth-order valence-corrected chi connectivity index (χ4v) is 2.71. The van der Waals surface area contributed by atoms with E-state index in [0.29, 0.717) is 0 Å². The Labute approximate surface area is 141 Å². The van der Waals surface area contributed by atoms with Gasteiger partial charge in [-0.15, -0.1) is 0 Å². The number of halogens is 3. The topological polar surface area (TPSA) is 98.5 Å². The molecule has 2 aromatic rings. The smallest absolute Gasteiger partial charge is 0.416 e. The van der Waals surface area contributed by atoms with Crippen molar-refractivity contribution in [2.24, 2.45) is 5.14 Å². The zero-order chi connectivity index (χ0) is 18.8. The lowest BCUT2D eigenvalue weighted by Gasteiger charge is -2.11. The SMILES string of the molecule is COc1ccc(NC(=O)c2ccc(C(F)(F)F)cc2)cc1S(N)(=O)=O. The van der Waals surface area contributed by atoms with Crippen LogP contribution in [0.25, 0.3) is 0 Å². The van der Waals surface area contributed by atoms with E-state index in [2.05, 4.69) is 5.32 Å². The number of primary sulfonamides is 1. The van der Waals surface area contributed by atoms with Crippen LogP contribution in [0.15, 0.2) is 47.4 Å². The molecule has 0 aliphatic rings. The Hall–Kier alpha value is -2.59. The van der Waals surface area contributed by atoms with Gasteiger partial charge in [0, 0.05) is 11.3 Å². The van der Waals surface area contributed by atoms with Crippen molar-refractivity contribution in [2.75, 3.05) is 12.4 Å². The second-order valence-corrected chi connectivity index (χ2v) is 6.47. The van der Waals surface area contributed by atoms with Gasteiger partial charge in [-0.05, 0) is 42.5 Å². The fraction of sp³-hybridized carbons (Fsp3) is 0.133. The molecule has 0 spiro atoms. The molecule has 0 atom stereocenters. The Morgan fingerprint density at radius 2 is 1.72 bits per heavy atom. The Bertz CT molecular complexity index is 894. The van der Waals surface area contributed by atoms with Crippen molar-refractivity contribution >= 4 is 21.6 Å². The fourth-order valence-electron chi connectivity index (χ4n) is 1.99. The number of hydrogen-bond acceptors (Lipinski definition) is 4. The number of benzene rings is 2. The summed E-state index contributed by atoms with van der Waals surface area (Å²) in [7, 11) is -2.84. The maximum absolute atomic E-state index is 12.5. The molecule has 0 bridgehead atoms. The van der Waals surface area contributed by atoms with Gasteiger partial charge < -0.3 is 10.1 Å². The summed E-state index contributed by atoms with van der Waals surface area (Å²) >= 11 is 0. The normalized spacial score (nSPS) is 11.9. The summed E-state index contributed by atoms with van der Waals surface area (Å²) < 4.78 is 65.5. The number of carbonyl (C=O) groups is 1. The Morgan fingerprint density at radius 1 is 1.12 bits per heavy atom. The number of nitrogens with two attached hydrogens (primary N) is 1. The molecule has 0 aliphatic carbocycles. The average molecular weight is 374 g/mol. The molecular weight excluding hydrogens is 361 g/mol. The first-order valence-corrected chi connectivity index (χ1v) is 8.26. The first kappa shape index (κ1) is 18.7. The Balaban J connectivity index is 2.26. The molecule has 6 nitrogen and oxygen atoms in total. The lowest BCUT2D eigenvalue weighted by molar-refractivity contribution is -0.137. The quantitative estimate of drug-likeness (QED) is 0.859. The van der Waals surface area contributed by atoms with E-state index in [0.717, 1.165) is 30.3 Å². The molecule has 25 heavy (non-hydrogen) atoms. The first-order valence-electron chi connectivity index (χ1n) is 6.72. The molecule has 0 saturated heterocycles. The van der Waals surface area contributed by atoms with Crippen LogP contribution in [0, 0.1) is 0 Å². The molecule has 1 amide bonds.